The average Bonchev–Trinajstić information content (AvgIpc) is 1.62. The molecule has 1 aliphatic heterocycles. The average molecular weight is 1580 g/mol. The second-order valence-corrected chi connectivity index (χ2v) is 29.9. The van der Waals surface area contributed by atoms with Crippen molar-refractivity contribution in [1.29, 1.82) is 10.5 Å². The molecule has 6 aliphatic rings. The molecule has 17 rings (SSSR count). The van der Waals surface area contributed by atoms with Crippen LogP contribution >= 0.6 is 69.6 Å². The van der Waals surface area contributed by atoms with Crippen LogP contribution in [0, 0.1) is 61.2 Å². The molecule has 0 aromatic carbocycles. The maximum atomic E-state index is 9.15. The van der Waals surface area contributed by atoms with E-state index in [0.717, 1.165) is 104 Å². The molecular weight excluding hydrogens is 1500 g/mol. The summed E-state index contributed by atoms with van der Waals surface area (Å²) in [6, 6.07) is 20.7. The predicted octanol–water partition coefficient (Wildman–Crippen LogP) is 15.9. The van der Waals surface area contributed by atoms with Crippen LogP contribution in [-0.2, 0) is 9.31 Å². The first-order valence-corrected chi connectivity index (χ1v) is 36.9. The van der Waals surface area contributed by atoms with E-state index in [1.54, 1.807) is 86.4 Å². The minimum atomic E-state index is -0.366. The quantitative estimate of drug-likeness (QED) is 0.0320. The second-order valence-electron chi connectivity index (χ2n) is 27.7. The molecule has 5 aliphatic carbocycles. The molecule has 0 amide bonds. The van der Waals surface area contributed by atoms with Crippen LogP contribution in [-0.4, -0.2) is 126 Å². The number of rotatable bonds is 15. The molecule has 12 heterocycles. The topological polar surface area (TPSA) is 354 Å². The Balaban J connectivity index is 0.000000132. The highest BCUT2D eigenvalue weighted by Crippen LogP contribution is 2.46. The second kappa shape index (κ2) is 35.2. The van der Waals surface area contributed by atoms with E-state index >= 15 is 0 Å². The SMILES string of the molecule is CC1(C)OB(c2ccc(Cl)nc2)OC1(C)C.Cc1cnc(Cl)nc1-c1ccc(Cl)nc1.Cc1cnc(Cl)nc1Cl.Cc1cnc(Nc2cnn(C3CC3)c2)nc1-c1ccc(Cl)nc1.Cc1cnc(Nc2cnn(C3CC3)c2)nc1-c1ccc(OCC2(C#N)CC2)nc1.N#CC1(CO)CC1.Nc1cnn(C2CC2)c1. The number of nitrogens with one attached hydrogen (secondary N) is 2. The lowest BCUT2D eigenvalue weighted by molar-refractivity contribution is 0.00578. The number of aliphatic hydroxyl groups excluding tert-OH is 1. The number of aliphatic hydroxyl groups is 1. The van der Waals surface area contributed by atoms with Crippen molar-refractivity contribution in [3.8, 4) is 51.8 Å². The highest BCUT2D eigenvalue weighted by Gasteiger charge is 2.52. The number of ether oxygens (including phenoxy) is 1. The fraction of sp³-hybridized carbons (Fsp3) is 0.365. The number of anilines is 5. The van der Waals surface area contributed by atoms with E-state index in [1.807, 2.05) is 118 Å². The molecule has 5 N–H and O–H groups in total. The van der Waals surface area contributed by atoms with Crippen LogP contribution in [0.1, 0.15) is 132 Å². The van der Waals surface area contributed by atoms with E-state index < -0.39 is 0 Å². The summed E-state index contributed by atoms with van der Waals surface area (Å²) in [5.41, 5.74) is 16.4. The van der Waals surface area contributed by atoms with Gasteiger partial charge in [-0.2, -0.15) is 25.8 Å². The van der Waals surface area contributed by atoms with Crippen molar-refractivity contribution in [1.82, 2.24) is 89.1 Å². The molecule has 27 nitrogen and oxygen atoms in total. The van der Waals surface area contributed by atoms with Gasteiger partial charge < -0.3 is 35.5 Å². The molecule has 34 heteroatoms. The molecule has 0 spiro atoms. The summed E-state index contributed by atoms with van der Waals surface area (Å²) in [7, 11) is -0.366. The lowest BCUT2D eigenvalue weighted by atomic mass is 9.80. The molecule has 5 saturated carbocycles. The largest absolute Gasteiger partial charge is 0.496 e. The van der Waals surface area contributed by atoms with Crippen molar-refractivity contribution in [3.05, 3.63) is 189 Å². The zero-order valence-corrected chi connectivity index (χ0v) is 65.0. The fourth-order valence-electron chi connectivity index (χ4n) is 9.99. The number of pyridine rings is 4. The molecule has 11 aromatic heterocycles. The Bertz CT molecular complexity index is 4930. The van der Waals surface area contributed by atoms with Gasteiger partial charge in [0.2, 0.25) is 28.3 Å². The fourth-order valence-corrected chi connectivity index (χ4v) is 10.8. The highest BCUT2D eigenvalue weighted by molar-refractivity contribution is 6.62. The van der Waals surface area contributed by atoms with Crippen LogP contribution in [0.2, 0.25) is 31.2 Å². The highest BCUT2D eigenvalue weighted by atomic mass is 35.5. The Morgan fingerprint density at radius 2 is 0.917 bits per heavy atom. The third-order valence-electron chi connectivity index (χ3n) is 18.1. The molecule has 1 saturated heterocycles. The molecule has 11 aromatic rings. The van der Waals surface area contributed by atoms with Gasteiger partial charge in [0.05, 0.1) is 112 Å². The van der Waals surface area contributed by atoms with E-state index in [-0.39, 0.29) is 46.3 Å². The van der Waals surface area contributed by atoms with Gasteiger partial charge in [0.25, 0.3) is 0 Å². The van der Waals surface area contributed by atoms with E-state index in [0.29, 0.717) is 63.1 Å². The van der Waals surface area contributed by atoms with Crippen LogP contribution in [0.3, 0.4) is 0 Å². The Kier molecular flexibility index (Phi) is 25.9. The predicted molar refractivity (Wildman–Crippen MR) is 416 cm³/mol. The number of halogens is 6. The van der Waals surface area contributed by atoms with Crippen LogP contribution in [0.25, 0.3) is 33.8 Å². The van der Waals surface area contributed by atoms with Crippen LogP contribution in [0.4, 0.5) is 29.0 Å². The van der Waals surface area contributed by atoms with E-state index in [1.165, 1.54) is 38.5 Å². The van der Waals surface area contributed by atoms with Crippen molar-refractivity contribution in [2.24, 2.45) is 10.8 Å². The Morgan fingerprint density at radius 3 is 1.29 bits per heavy atom. The van der Waals surface area contributed by atoms with Gasteiger partial charge in [0.15, 0.2) is 0 Å². The summed E-state index contributed by atoms with van der Waals surface area (Å²) in [4.78, 5) is 49.9. The lowest BCUT2D eigenvalue weighted by Crippen LogP contribution is -2.41. The molecular formula is C74H78BCl6N23O4. The number of nitrogens with zero attached hydrogens (tertiary/aromatic N) is 20. The molecule has 108 heavy (non-hydrogen) atoms. The first-order valence-electron chi connectivity index (χ1n) is 34.7. The van der Waals surface area contributed by atoms with Gasteiger partial charge in [-0.3, -0.25) is 14.0 Å². The third-order valence-corrected chi connectivity index (χ3v) is 19.6. The normalized spacial score (nSPS) is 16.1. The Morgan fingerprint density at radius 1 is 0.500 bits per heavy atom. The van der Waals surface area contributed by atoms with Crippen LogP contribution in [0.5, 0.6) is 5.88 Å². The van der Waals surface area contributed by atoms with Crippen LogP contribution < -0.4 is 26.6 Å². The number of nitrogens with two attached hydrogens (primary N) is 1. The van der Waals surface area contributed by atoms with Gasteiger partial charge >= 0.3 is 7.12 Å². The van der Waals surface area contributed by atoms with Crippen molar-refractivity contribution < 1.29 is 19.2 Å². The molecule has 0 atom stereocenters. The first kappa shape index (κ1) is 79.5. The number of nitriles is 2. The molecule has 0 bridgehead atoms. The van der Waals surface area contributed by atoms with Gasteiger partial charge in [-0.1, -0.05) is 52.5 Å². The van der Waals surface area contributed by atoms with E-state index in [4.69, 9.17) is 105 Å². The number of aryl methyl sites for hydroxylation is 4. The molecule has 6 fully saturated rings. The number of aromatic nitrogens is 18. The van der Waals surface area contributed by atoms with Crippen molar-refractivity contribution in [3.63, 3.8) is 0 Å². The number of hydrogen-bond donors (Lipinski definition) is 4. The zero-order chi connectivity index (χ0) is 76.9. The van der Waals surface area contributed by atoms with Crippen molar-refractivity contribution in [2.45, 2.75) is 149 Å². The summed E-state index contributed by atoms with van der Waals surface area (Å²) in [6.07, 6.45) is 35.7. The Labute approximate surface area is 655 Å². The third kappa shape index (κ3) is 22.3. The summed E-state index contributed by atoms with van der Waals surface area (Å²) in [5, 5.41) is 47.3. The van der Waals surface area contributed by atoms with Gasteiger partial charge in [-0.05, 0) is 196 Å². The first-order chi connectivity index (χ1) is 51.7. The summed E-state index contributed by atoms with van der Waals surface area (Å²) in [6.45, 7) is 16.2. The van der Waals surface area contributed by atoms with Crippen molar-refractivity contribution in [2.75, 3.05) is 29.6 Å². The molecule has 558 valence electrons. The van der Waals surface area contributed by atoms with Crippen molar-refractivity contribution >= 4 is 111 Å². The summed E-state index contributed by atoms with van der Waals surface area (Å²) < 4.78 is 23.4. The maximum absolute atomic E-state index is 9.15. The summed E-state index contributed by atoms with van der Waals surface area (Å²) in [5.74, 6) is 1.58. The minimum absolute atomic E-state index is 0.0451. The van der Waals surface area contributed by atoms with Gasteiger partial charge in [-0.25, -0.2) is 59.8 Å². The smallest absolute Gasteiger partial charge is 0.476 e. The van der Waals surface area contributed by atoms with Crippen LogP contribution in [0.15, 0.2) is 135 Å². The zero-order valence-electron chi connectivity index (χ0n) is 60.5. The Hall–Kier alpha value is -9.59. The van der Waals surface area contributed by atoms with E-state index in [2.05, 4.69) is 97.9 Å². The number of nitrogen functional groups attached to an aromatic ring is 1. The molecule has 0 unspecified atom stereocenters. The molecule has 0 radical (unpaired) electrons. The minimum Gasteiger partial charge on any atom is -0.476 e. The number of hydrogen-bond acceptors (Lipinski definition) is 24. The van der Waals surface area contributed by atoms with Gasteiger partial charge in [0.1, 0.15) is 27.2 Å². The van der Waals surface area contributed by atoms with E-state index in [9.17, 15) is 0 Å². The monoisotopic (exact) mass is 1570 g/mol. The lowest BCUT2D eigenvalue weighted by Gasteiger charge is -2.32. The maximum Gasteiger partial charge on any atom is 0.496 e. The standard InChI is InChI=1S/C21H21N7O.C16H15ClN6.C11H15BClNO2.C10H7Cl2N3.C6H9N3.C5H4Cl2N2.C5H7NO/c1-14-8-24-20(26-16-10-25-28(11-16)17-3-4-17)27-19(14)15-2-5-18(23-9-15)29-13-21(12-22)6-7-21;1-10-6-19-16(21-12-8-20-23(9-12)13-3-4-13)22-15(10)11-2-5-14(17)18-7-11;1-10(2)11(3,4)16-12(15-10)8-5-6-9(13)14-7-8;1-6-4-14-10(12)15-9(6)7-2-3-8(11)13-5-7;7-5-3-8-9(4-5)6-1-2-6;1-3-2-8-5(7)9-4(3)6;6-3-5(4-7)1-2-5/h2,5,8-11,17H,3-4,6-7,13H2,1H3,(H,24,26,27);2,5-9,13H,3-4H2,1H3,(H,19,21,22);5-7H,1-4H3;2-5H,1H3;3-4,6H,1-2,7H2;2H,1H3;7H,1-2,4H2. The van der Waals surface area contributed by atoms with Gasteiger partial charge in [0, 0.05) is 102 Å². The summed E-state index contributed by atoms with van der Waals surface area (Å²) >= 11 is 34.0. The van der Waals surface area contributed by atoms with Gasteiger partial charge in [-0.15, -0.1) is 0 Å².